The van der Waals surface area contributed by atoms with Crippen LogP contribution in [0, 0.1) is 0 Å². The van der Waals surface area contributed by atoms with Crippen LogP contribution in [0.1, 0.15) is 5.56 Å². The van der Waals surface area contributed by atoms with Gasteiger partial charge in [-0.1, -0.05) is 23.5 Å². The Labute approximate surface area is 144 Å². The van der Waals surface area contributed by atoms with Crippen LogP contribution in [0.25, 0.3) is 21.1 Å². The molecule has 23 heavy (non-hydrogen) atoms. The Morgan fingerprint density at radius 2 is 2.09 bits per heavy atom. The zero-order valence-corrected chi connectivity index (χ0v) is 14.7. The third-order valence-corrected chi connectivity index (χ3v) is 5.18. The molecule has 0 amide bonds. The second kappa shape index (κ2) is 5.50. The number of nitrogens with zero attached hydrogens (tertiary/aromatic N) is 3. The average molecular weight is 389 g/mol. The van der Waals surface area contributed by atoms with Gasteiger partial charge in [0, 0.05) is 9.86 Å². The van der Waals surface area contributed by atoms with Gasteiger partial charge in [-0.05, 0) is 39.7 Å². The Bertz CT molecular complexity index is 1010. The molecule has 0 spiro atoms. The number of hydrogen-bond donors (Lipinski definition) is 1. The molecule has 0 fully saturated rings. The molecule has 2 aromatic heterocycles. The lowest BCUT2D eigenvalue weighted by Crippen LogP contribution is -2.01. The van der Waals surface area contributed by atoms with Crippen LogP contribution in [0.3, 0.4) is 0 Å². The van der Waals surface area contributed by atoms with Gasteiger partial charge >= 0.3 is 0 Å². The normalized spacial score (nSPS) is 11.4. The van der Waals surface area contributed by atoms with Crippen LogP contribution < -0.4 is 10.5 Å². The highest BCUT2D eigenvalue weighted by atomic mass is 79.9. The highest BCUT2D eigenvalue weighted by Gasteiger charge is 2.14. The molecule has 2 aromatic carbocycles. The molecule has 4 rings (SSSR count). The second-order valence-corrected chi connectivity index (χ2v) is 7.09. The molecule has 0 aliphatic rings. The summed E-state index contributed by atoms with van der Waals surface area (Å²) in [6, 6.07) is 10.0. The Balaban J connectivity index is 1.82. The van der Waals surface area contributed by atoms with E-state index in [2.05, 4.69) is 32.1 Å². The second-order valence-electron chi connectivity index (χ2n) is 5.17. The number of fused-ring (bicyclic) bond motifs is 3. The van der Waals surface area contributed by atoms with Crippen molar-refractivity contribution in [3.8, 4) is 5.75 Å². The number of anilines is 1. The van der Waals surface area contributed by atoms with E-state index in [0.717, 1.165) is 36.9 Å². The number of benzene rings is 2. The lowest BCUT2D eigenvalue weighted by Gasteiger charge is -2.07. The minimum absolute atomic E-state index is 0.572. The quantitative estimate of drug-likeness (QED) is 0.574. The van der Waals surface area contributed by atoms with Crippen LogP contribution in [0.5, 0.6) is 5.75 Å². The van der Waals surface area contributed by atoms with Gasteiger partial charge in [-0.15, -0.1) is 0 Å². The van der Waals surface area contributed by atoms with E-state index in [0.29, 0.717) is 11.7 Å². The highest BCUT2D eigenvalue weighted by molar-refractivity contribution is 9.10. The van der Waals surface area contributed by atoms with Crippen molar-refractivity contribution in [2.75, 3.05) is 12.8 Å². The first-order chi connectivity index (χ1) is 11.2. The molecule has 0 unspecified atom stereocenters. The van der Waals surface area contributed by atoms with Gasteiger partial charge in [0.2, 0.25) is 0 Å². The molecular formula is C16H13BrN4OS. The fourth-order valence-electron chi connectivity index (χ4n) is 2.66. The van der Waals surface area contributed by atoms with Crippen LogP contribution in [0.4, 0.5) is 5.13 Å². The van der Waals surface area contributed by atoms with Crippen molar-refractivity contribution in [1.82, 2.24) is 14.8 Å². The van der Waals surface area contributed by atoms with Crippen molar-refractivity contribution < 1.29 is 4.74 Å². The van der Waals surface area contributed by atoms with E-state index in [1.54, 1.807) is 7.11 Å². The summed E-state index contributed by atoms with van der Waals surface area (Å²) in [5.74, 6) is 0.847. The van der Waals surface area contributed by atoms with Gasteiger partial charge in [0.05, 0.1) is 35.6 Å². The van der Waals surface area contributed by atoms with Crippen molar-refractivity contribution >= 4 is 53.5 Å². The molecular weight excluding hydrogens is 376 g/mol. The van der Waals surface area contributed by atoms with Gasteiger partial charge in [-0.25, -0.2) is 4.98 Å². The number of nitrogen functional groups attached to an aromatic ring is 1. The summed E-state index contributed by atoms with van der Waals surface area (Å²) >= 11 is 5.13. The van der Waals surface area contributed by atoms with Gasteiger partial charge < -0.3 is 10.5 Å². The number of nitrogens with two attached hydrogens (primary N) is 1. The maximum atomic E-state index is 5.84. The van der Waals surface area contributed by atoms with E-state index >= 15 is 0 Å². The van der Waals surface area contributed by atoms with Crippen molar-refractivity contribution in [1.29, 1.82) is 0 Å². The first-order valence-corrected chi connectivity index (χ1v) is 8.59. The molecule has 0 aliphatic carbocycles. The SMILES string of the molecule is COc1ccc(Cn2ncc3c4nc(N)sc4cc(Br)c32)cc1. The van der Waals surface area contributed by atoms with Gasteiger partial charge in [-0.2, -0.15) is 5.10 Å². The third-order valence-electron chi connectivity index (χ3n) is 3.74. The summed E-state index contributed by atoms with van der Waals surface area (Å²) in [6.45, 7) is 0.678. The number of ether oxygens (including phenoxy) is 1. The minimum atomic E-state index is 0.572. The summed E-state index contributed by atoms with van der Waals surface area (Å²) in [7, 11) is 1.66. The maximum absolute atomic E-state index is 5.84. The molecule has 0 saturated heterocycles. The molecule has 0 aliphatic heterocycles. The van der Waals surface area contributed by atoms with Crippen molar-refractivity contribution in [2.45, 2.75) is 6.54 Å². The number of halogens is 1. The number of rotatable bonds is 3. The molecule has 0 radical (unpaired) electrons. The van der Waals surface area contributed by atoms with E-state index in [9.17, 15) is 0 Å². The van der Waals surface area contributed by atoms with Gasteiger partial charge in [0.15, 0.2) is 5.13 Å². The van der Waals surface area contributed by atoms with E-state index in [1.165, 1.54) is 11.3 Å². The number of aromatic nitrogens is 3. The monoisotopic (exact) mass is 388 g/mol. The van der Waals surface area contributed by atoms with Crippen LogP contribution in [0.2, 0.25) is 0 Å². The smallest absolute Gasteiger partial charge is 0.181 e. The number of thiazole rings is 1. The van der Waals surface area contributed by atoms with Gasteiger partial charge in [-0.3, -0.25) is 4.68 Å². The predicted molar refractivity (Wildman–Crippen MR) is 97.1 cm³/mol. The molecule has 0 atom stereocenters. The maximum Gasteiger partial charge on any atom is 0.181 e. The zero-order chi connectivity index (χ0) is 16.0. The van der Waals surface area contributed by atoms with Crippen LogP contribution in [-0.4, -0.2) is 21.9 Å². The third kappa shape index (κ3) is 2.46. The van der Waals surface area contributed by atoms with Gasteiger partial charge in [0.25, 0.3) is 0 Å². The largest absolute Gasteiger partial charge is 0.497 e. The summed E-state index contributed by atoms with van der Waals surface area (Å²) in [5, 5.41) is 6.11. The van der Waals surface area contributed by atoms with E-state index < -0.39 is 0 Å². The van der Waals surface area contributed by atoms with Crippen molar-refractivity contribution in [3.63, 3.8) is 0 Å². The summed E-state index contributed by atoms with van der Waals surface area (Å²) in [4.78, 5) is 4.43. The number of hydrogen-bond acceptors (Lipinski definition) is 5. The fraction of sp³-hybridized carbons (Fsp3) is 0.125. The van der Waals surface area contributed by atoms with Crippen LogP contribution >= 0.6 is 27.3 Å². The highest BCUT2D eigenvalue weighted by Crippen LogP contribution is 2.35. The van der Waals surface area contributed by atoms with E-state index in [-0.39, 0.29) is 0 Å². The molecule has 4 aromatic rings. The van der Waals surface area contributed by atoms with E-state index in [4.69, 9.17) is 10.5 Å². The molecule has 5 nitrogen and oxygen atoms in total. The number of methoxy groups -OCH3 is 1. The molecule has 7 heteroatoms. The lowest BCUT2D eigenvalue weighted by atomic mass is 10.2. The van der Waals surface area contributed by atoms with Crippen LogP contribution in [0.15, 0.2) is 41.0 Å². The average Bonchev–Trinajstić information content (AvgIpc) is 3.11. The molecule has 0 saturated carbocycles. The fourth-order valence-corrected chi connectivity index (χ4v) is 4.25. The summed E-state index contributed by atoms with van der Waals surface area (Å²) < 4.78 is 9.22. The van der Waals surface area contributed by atoms with Crippen molar-refractivity contribution in [2.24, 2.45) is 0 Å². The molecule has 2 heterocycles. The minimum Gasteiger partial charge on any atom is -0.497 e. The zero-order valence-electron chi connectivity index (χ0n) is 12.3. The first kappa shape index (κ1) is 14.5. The Morgan fingerprint density at radius 1 is 1.30 bits per heavy atom. The molecule has 116 valence electrons. The predicted octanol–water partition coefficient (Wildman–Crippen LogP) is 4.05. The summed E-state index contributed by atoms with van der Waals surface area (Å²) in [5.41, 5.74) is 8.93. The van der Waals surface area contributed by atoms with Crippen LogP contribution in [-0.2, 0) is 6.54 Å². The Morgan fingerprint density at radius 3 is 2.83 bits per heavy atom. The molecule has 0 bridgehead atoms. The van der Waals surface area contributed by atoms with E-state index in [1.807, 2.05) is 35.1 Å². The summed E-state index contributed by atoms with van der Waals surface area (Å²) in [6.07, 6.45) is 1.85. The Hall–Kier alpha value is -2.12. The topological polar surface area (TPSA) is 66.0 Å². The molecule has 2 N–H and O–H groups in total. The lowest BCUT2D eigenvalue weighted by molar-refractivity contribution is 0.414. The van der Waals surface area contributed by atoms with Gasteiger partial charge in [0.1, 0.15) is 5.75 Å². The first-order valence-electron chi connectivity index (χ1n) is 6.98. The standard InChI is InChI=1S/C16H13BrN4OS/c1-22-10-4-2-9(3-5-10)8-21-15-11(7-19-21)14-13(6-12(15)17)23-16(18)20-14/h2-7H,8H2,1H3,(H2,18,20). The van der Waals surface area contributed by atoms with Crippen molar-refractivity contribution in [3.05, 3.63) is 46.6 Å². The Kier molecular flexibility index (Phi) is 3.46.